The summed E-state index contributed by atoms with van der Waals surface area (Å²) in [5.41, 5.74) is 0.708. The van der Waals surface area contributed by atoms with Crippen LogP contribution < -0.4 is 15.6 Å². The molecule has 0 bridgehead atoms. The summed E-state index contributed by atoms with van der Waals surface area (Å²) in [6.07, 6.45) is 0. The van der Waals surface area contributed by atoms with Gasteiger partial charge in [0.1, 0.15) is 5.52 Å². The molecule has 0 fully saturated rings. The van der Waals surface area contributed by atoms with Crippen LogP contribution in [0, 0.1) is 10.1 Å². The Morgan fingerprint density at radius 2 is 1.86 bits per heavy atom. The second-order valence-electron chi connectivity index (χ2n) is 7.25. The summed E-state index contributed by atoms with van der Waals surface area (Å²) in [6, 6.07) is 7.69. The number of pyridine rings is 1. The lowest BCUT2D eigenvalue weighted by molar-refractivity contribution is -0.383. The van der Waals surface area contributed by atoms with E-state index in [2.05, 4.69) is 10.3 Å². The highest BCUT2D eigenvalue weighted by Crippen LogP contribution is 2.30. The van der Waals surface area contributed by atoms with E-state index in [1.54, 1.807) is 37.2 Å². The number of carbonyl (C=O) groups is 1. The highest BCUT2D eigenvalue weighted by Gasteiger charge is 2.21. The molecule has 0 saturated carbocycles. The molecule has 152 valence electrons. The summed E-state index contributed by atoms with van der Waals surface area (Å²) in [6.45, 7) is 1.09. The predicted octanol–water partition coefficient (Wildman–Crippen LogP) is 1.95. The Balaban J connectivity index is 2.31. The number of para-hydroxylation sites is 1. The summed E-state index contributed by atoms with van der Waals surface area (Å²) in [7, 11) is 7.39. The van der Waals surface area contributed by atoms with Gasteiger partial charge in [-0.15, -0.1) is 0 Å². The van der Waals surface area contributed by atoms with Gasteiger partial charge in [0, 0.05) is 38.9 Å². The Labute approximate surface area is 167 Å². The zero-order chi connectivity index (χ0) is 21.3. The van der Waals surface area contributed by atoms with Crippen molar-refractivity contribution in [1.29, 1.82) is 0 Å². The summed E-state index contributed by atoms with van der Waals surface area (Å²) >= 11 is 0. The number of hydrogen-bond acceptors (Lipinski definition) is 6. The molecule has 3 rings (SSSR count). The minimum Gasteiger partial charge on any atom is -0.377 e. The van der Waals surface area contributed by atoms with Crippen molar-refractivity contribution in [2.24, 2.45) is 0 Å². The molecule has 0 saturated heterocycles. The molecular formula is C20H23N5O4. The van der Waals surface area contributed by atoms with Gasteiger partial charge in [0.2, 0.25) is 0 Å². The van der Waals surface area contributed by atoms with Gasteiger partial charge >= 0.3 is 0 Å². The van der Waals surface area contributed by atoms with E-state index in [1.165, 1.54) is 12.1 Å². The number of rotatable bonds is 6. The van der Waals surface area contributed by atoms with Crippen LogP contribution in [0.25, 0.3) is 21.8 Å². The van der Waals surface area contributed by atoms with Crippen molar-refractivity contribution < 1.29 is 9.72 Å². The lowest BCUT2D eigenvalue weighted by atomic mass is 10.0. The van der Waals surface area contributed by atoms with Crippen molar-refractivity contribution in [3.05, 3.63) is 56.2 Å². The molecule has 0 spiro atoms. The molecule has 1 aromatic heterocycles. The molecule has 0 atom stereocenters. The summed E-state index contributed by atoms with van der Waals surface area (Å²) < 4.78 is 0. The van der Waals surface area contributed by atoms with Gasteiger partial charge < -0.3 is 20.1 Å². The average Bonchev–Trinajstić information content (AvgIpc) is 2.66. The molecule has 2 aromatic carbocycles. The van der Waals surface area contributed by atoms with Crippen LogP contribution in [-0.4, -0.2) is 62.0 Å². The van der Waals surface area contributed by atoms with Crippen molar-refractivity contribution in [3.63, 3.8) is 0 Å². The van der Waals surface area contributed by atoms with Crippen molar-refractivity contribution >= 4 is 39.1 Å². The molecule has 1 heterocycles. The minimum atomic E-state index is -0.545. The third-order valence-electron chi connectivity index (χ3n) is 4.72. The van der Waals surface area contributed by atoms with Crippen LogP contribution >= 0.6 is 0 Å². The van der Waals surface area contributed by atoms with Crippen LogP contribution in [0.15, 0.2) is 35.1 Å². The Bertz CT molecular complexity index is 1170. The number of likely N-dealkylation sites (N-methyl/N-ethyl adjacent to an activating group) is 1. The average molecular weight is 397 g/mol. The first-order chi connectivity index (χ1) is 13.7. The molecule has 2 N–H and O–H groups in total. The number of anilines is 1. The molecular weight excluding hydrogens is 374 g/mol. The molecule has 0 unspecified atom stereocenters. The number of fused-ring (bicyclic) bond motifs is 2. The van der Waals surface area contributed by atoms with Crippen molar-refractivity contribution in [2.45, 2.75) is 0 Å². The number of nitro groups is 1. The SMILES string of the molecule is CN(C)CCNC(=O)c1ccc(N(C)C)c2c(=O)c3cccc([N+](=O)[O-])c3[nH]c12. The highest BCUT2D eigenvalue weighted by molar-refractivity contribution is 6.11. The number of hydrogen-bond donors (Lipinski definition) is 2. The molecule has 9 heteroatoms. The zero-order valence-electron chi connectivity index (χ0n) is 16.8. The van der Waals surface area contributed by atoms with E-state index in [1.807, 2.05) is 19.0 Å². The third kappa shape index (κ3) is 3.77. The van der Waals surface area contributed by atoms with Gasteiger partial charge in [-0.2, -0.15) is 0 Å². The van der Waals surface area contributed by atoms with Crippen molar-refractivity contribution in [2.75, 3.05) is 46.2 Å². The van der Waals surface area contributed by atoms with E-state index < -0.39 is 4.92 Å². The maximum Gasteiger partial charge on any atom is 0.293 e. The number of non-ortho nitro benzene ring substituents is 1. The van der Waals surface area contributed by atoms with Crippen LogP contribution in [0.1, 0.15) is 10.4 Å². The topological polar surface area (TPSA) is 112 Å². The molecule has 0 aliphatic rings. The third-order valence-corrected chi connectivity index (χ3v) is 4.72. The fourth-order valence-corrected chi connectivity index (χ4v) is 3.27. The minimum absolute atomic E-state index is 0.105. The number of nitrogens with one attached hydrogen (secondary N) is 2. The monoisotopic (exact) mass is 397 g/mol. The van der Waals surface area contributed by atoms with Crippen LogP contribution in [0.3, 0.4) is 0 Å². The molecule has 0 radical (unpaired) electrons. The summed E-state index contributed by atoms with van der Waals surface area (Å²) in [4.78, 5) is 43.7. The van der Waals surface area contributed by atoms with Gasteiger partial charge in [-0.05, 0) is 32.3 Å². The fraction of sp³-hybridized carbons (Fsp3) is 0.300. The number of nitro benzene ring substituents is 1. The van der Waals surface area contributed by atoms with Crippen molar-refractivity contribution in [3.8, 4) is 0 Å². The van der Waals surface area contributed by atoms with Crippen LogP contribution in [-0.2, 0) is 0 Å². The number of nitrogens with zero attached hydrogens (tertiary/aromatic N) is 3. The smallest absolute Gasteiger partial charge is 0.293 e. The Morgan fingerprint density at radius 3 is 2.48 bits per heavy atom. The zero-order valence-corrected chi connectivity index (χ0v) is 16.8. The Morgan fingerprint density at radius 1 is 1.14 bits per heavy atom. The predicted molar refractivity (Wildman–Crippen MR) is 114 cm³/mol. The summed E-state index contributed by atoms with van der Waals surface area (Å²) in [5, 5.41) is 14.8. The van der Waals surface area contributed by atoms with E-state index >= 15 is 0 Å². The van der Waals surface area contributed by atoms with E-state index in [0.717, 1.165) is 0 Å². The molecule has 0 aliphatic carbocycles. The molecule has 1 amide bonds. The molecule has 29 heavy (non-hydrogen) atoms. The number of amides is 1. The van der Waals surface area contributed by atoms with Gasteiger partial charge in [-0.25, -0.2) is 0 Å². The fourth-order valence-electron chi connectivity index (χ4n) is 3.27. The van der Waals surface area contributed by atoms with Gasteiger partial charge in [-0.3, -0.25) is 19.7 Å². The van der Waals surface area contributed by atoms with Crippen molar-refractivity contribution in [1.82, 2.24) is 15.2 Å². The molecule has 9 nitrogen and oxygen atoms in total. The van der Waals surface area contributed by atoms with Crippen LogP contribution in [0.5, 0.6) is 0 Å². The first-order valence-electron chi connectivity index (χ1n) is 9.08. The molecule has 0 aliphatic heterocycles. The normalized spacial score (nSPS) is 11.2. The Kier molecular flexibility index (Phi) is 5.51. The first kappa shape index (κ1) is 20.3. The Hall–Kier alpha value is -3.46. The maximum atomic E-state index is 13.3. The number of benzene rings is 2. The first-order valence-corrected chi connectivity index (χ1v) is 9.08. The lowest BCUT2D eigenvalue weighted by Crippen LogP contribution is -2.31. The van der Waals surface area contributed by atoms with Gasteiger partial charge in [-0.1, -0.05) is 6.07 Å². The van der Waals surface area contributed by atoms with E-state index in [4.69, 9.17) is 0 Å². The van der Waals surface area contributed by atoms with Gasteiger partial charge in [0.15, 0.2) is 5.43 Å². The maximum absolute atomic E-state index is 13.3. The number of aromatic amines is 1. The quantitative estimate of drug-likeness (QED) is 0.374. The van der Waals surface area contributed by atoms with Crippen LogP contribution in [0.2, 0.25) is 0 Å². The van der Waals surface area contributed by atoms with E-state index in [9.17, 15) is 19.7 Å². The van der Waals surface area contributed by atoms with Crippen LogP contribution in [0.4, 0.5) is 11.4 Å². The number of H-pyrrole nitrogens is 1. The second kappa shape index (κ2) is 7.88. The number of carbonyl (C=O) groups excluding carboxylic acids is 1. The van der Waals surface area contributed by atoms with Gasteiger partial charge in [0.05, 0.1) is 26.8 Å². The lowest BCUT2D eigenvalue weighted by Gasteiger charge is -2.18. The molecule has 3 aromatic rings. The standard InChI is InChI=1S/C20H23N5O4/c1-23(2)11-10-21-20(27)13-8-9-14(24(3)4)16-18(13)22-17-12(19(16)26)6-5-7-15(17)25(28)29/h5-9H,10-11H2,1-4H3,(H,21,27)(H,22,26). The summed E-state index contributed by atoms with van der Waals surface area (Å²) in [5.74, 6) is -0.351. The van der Waals surface area contributed by atoms with E-state index in [-0.39, 0.29) is 39.0 Å². The highest BCUT2D eigenvalue weighted by atomic mass is 16.6. The van der Waals surface area contributed by atoms with Gasteiger partial charge in [0.25, 0.3) is 11.6 Å². The van der Waals surface area contributed by atoms with E-state index in [0.29, 0.717) is 24.2 Å². The second-order valence-corrected chi connectivity index (χ2v) is 7.25. The number of aromatic nitrogens is 1. The largest absolute Gasteiger partial charge is 0.377 e.